The second-order valence-electron chi connectivity index (χ2n) is 7.79. The lowest BCUT2D eigenvalue weighted by Gasteiger charge is -2.21. The third-order valence-electron chi connectivity index (χ3n) is 4.43. The van der Waals surface area contributed by atoms with E-state index in [-0.39, 0.29) is 17.1 Å². The van der Waals surface area contributed by atoms with Crippen LogP contribution in [0.1, 0.15) is 50.8 Å². The van der Waals surface area contributed by atoms with E-state index in [0.717, 1.165) is 6.54 Å². The van der Waals surface area contributed by atoms with E-state index in [1.165, 1.54) is 18.2 Å². The Balaban J connectivity index is 2.43. The Morgan fingerprint density at radius 3 is 2.43 bits per heavy atom. The summed E-state index contributed by atoms with van der Waals surface area (Å²) in [6, 6.07) is 7.17. The van der Waals surface area contributed by atoms with E-state index in [1.807, 2.05) is 39.6 Å². The van der Waals surface area contributed by atoms with Gasteiger partial charge in [-0.3, -0.25) is 0 Å². The maximum absolute atomic E-state index is 14.1. The molecule has 0 aliphatic heterocycles. The Labute approximate surface area is 164 Å². The molecule has 0 fully saturated rings. The lowest BCUT2D eigenvalue weighted by Crippen LogP contribution is -2.14. The summed E-state index contributed by atoms with van der Waals surface area (Å²) in [6.07, 6.45) is -1.12. The SMILES string of the molecule is CCN(C)/C=N\c1cc(C(F)F)c(Oc2ccc(F)c(C(C)(C)C)c2)cc1C. The van der Waals surface area contributed by atoms with Gasteiger partial charge in [-0.15, -0.1) is 0 Å². The number of ether oxygens (including phenoxy) is 1. The van der Waals surface area contributed by atoms with Crippen LogP contribution in [0.15, 0.2) is 35.3 Å². The van der Waals surface area contributed by atoms with Gasteiger partial charge in [0.2, 0.25) is 0 Å². The number of hydrogen-bond acceptors (Lipinski definition) is 2. The van der Waals surface area contributed by atoms with Gasteiger partial charge >= 0.3 is 0 Å². The predicted molar refractivity (Wildman–Crippen MR) is 108 cm³/mol. The molecule has 0 amide bonds. The topological polar surface area (TPSA) is 24.8 Å². The molecule has 0 aliphatic rings. The largest absolute Gasteiger partial charge is 0.457 e. The first kappa shape index (κ1) is 21.8. The third kappa shape index (κ3) is 5.27. The van der Waals surface area contributed by atoms with Crippen molar-refractivity contribution in [3.63, 3.8) is 0 Å². The van der Waals surface area contributed by atoms with Crippen LogP contribution in [-0.4, -0.2) is 24.8 Å². The minimum Gasteiger partial charge on any atom is -0.457 e. The van der Waals surface area contributed by atoms with Crippen LogP contribution in [0.3, 0.4) is 0 Å². The molecule has 2 aromatic carbocycles. The third-order valence-corrected chi connectivity index (χ3v) is 4.43. The molecule has 0 unspecified atom stereocenters. The summed E-state index contributed by atoms with van der Waals surface area (Å²) in [5.74, 6) is 0.00574. The Bertz CT molecular complexity index is 858. The molecule has 28 heavy (non-hydrogen) atoms. The summed E-state index contributed by atoms with van der Waals surface area (Å²) in [5, 5.41) is 0. The monoisotopic (exact) mass is 392 g/mol. The molecule has 0 spiro atoms. The van der Waals surface area contributed by atoms with Crippen molar-refractivity contribution in [2.45, 2.75) is 46.5 Å². The van der Waals surface area contributed by atoms with E-state index in [4.69, 9.17) is 4.74 Å². The van der Waals surface area contributed by atoms with Crippen molar-refractivity contribution in [1.82, 2.24) is 4.90 Å². The van der Waals surface area contributed by atoms with E-state index in [2.05, 4.69) is 4.99 Å². The number of aliphatic imine (C=N–C) groups is 1. The fourth-order valence-electron chi connectivity index (χ4n) is 2.60. The Hall–Kier alpha value is -2.50. The molecule has 0 N–H and O–H groups in total. The van der Waals surface area contributed by atoms with Crippen molar-refractivity contribution < 1.29 is 17.9 Å². The second kappa shape index (κ2) is 8.67. The molecule has 2 aromatic rings. The Kier molecular flexibility index (Phi) is 6.75. The molecule has 152 valence electrons. The predicted octanol–water partition coefficient (Wildman–Crippen LogP) is 6.77. The van der Waals surface area contributed by atoms with Gasteiger partial charge in [-0.1, -0.05) is 20.8 Å². The highest BCUT2D eigenvalue weighted by Gasteiger charge is 2.21. The van der Waals surface area contributed by atoms with Crippen LogP contribution < -0.4 is 4.74 Å². The Morgan fingerprint density at radius 1 is 1.18 bits per heavy atom. The standard InChI is InChI=1S/C22H27F3N2O/c1-7-27(6)13-26-19-12-16(21(24)25)20(10-14(19)2)28-15-8-9-18(23)17(11-15)22(3,4)5/h8-13,21H,7H2,1-6H3/b26-13-. The molecule has 0 aliphatic carbocycles. The number of halogens is 3. The van der Waals surface area contributed by atoms with Gasteiger partial charge in [0, 0.05) is 13.6 Å². The summed E-state index contributed by atoms with van der Waals surface area (Å²) in [4.78, 5) is 6.13. The van der Waals surface area contributed by atoms with Crippen molar-refractivity contribution in [2.24, 2.45) is 4.99 Å². The van der Waals surface area contributed by atoms with Gasteiger partial charge in [-0.25, -0.2) is 18.2 Å². The minimum absolute atomic E-state index is 0.0433. The molecule has 0 heterocycles. The summed E-state index contributed by atoms with van der Waals surface area (Å²) in [7, 11) is 1.85. The molecular weight excluding hydrogens is 365 g/mol. The van der Waals surface area contributed by atoms with Gasteiger partial charge in [0.1, 0.15) is 17.3 Å². The first-order valence-electron chi connectivity index (χ1n) is 9.18. The number of benzene rings is 2. The number of rotatable bonds is 6. The zero-order valence-corrected chi connectivity index (χ0v) is 17.2. The van der Waals surface area contributed by atoms with Gasteiger partial charge in [-0.2, -0.15) is 0 Å². The minimum atomic E-state index is -2.73. The van der Waals surface area contributed by atoms with Crippen LogP contribution >= 0.6 is 0 Å². The van der Waals surface area contributed by atoms with Crippen molar-refractivity contribution in [3.05, 3.63) is 52.8 Å². The summed E-state index contributed by atoms with van der Waals surface area (Å²) in [5.41, 5.74) is 0.938. The van der Waals surface area contributed by atoms with E-state index >= 15 is 0 Å². The van der Waals surface area contributed by atoms with E-state index < -0.39 is 11.8 Å². The normalized spacial score (nSPS) is 12.1. The van der Waals surface area contributed by atoms with Crippen LogP contribution in [0.2, 0.25) is 0 Å². The average molecular weight is 392 g/mol. The fraction of sp³-hybridized carbons (Fsp3) is 0.409. The number of alkyl halides is 2. The second-order valence-corrected chi connectivity index (χ2v) is 7.79. The maximum Gasteiger partial charge on any atom is 0.267 e. The van der Waals surface area contributed by atoms with Crippen molar-refractivity contribution in [3.8, 4) is 11.5 Å². The van der Waals surface area contributed by atoms with Crippen LogP contribution in [0.25, 0.3) is 0 Å². The first-order valence-corrected chi connectivity index (χ1v) is 9.18. The number of hydrogen-bond donors (Lipinski definition) is 0. The molecule has 0 radical (unpaired) electrons. The Morgan fingerprint density at radius 2 is 1.86 bits per heavy atom. The smallest absolute Gasteiger partial charge is 0.267 e. The fourth-order valence-corrected chi connectivity index (χ4v) is 2.60. The molecule has 0 aromatic heterocycles. The first-order chi connectivity index (χ1) is 13.0. The van der Waals surface area contributed by atoms with Gasteiger partial charge in [0.05, 0.1) is 17.6 Å². The summed E-state index contributed by atoms with van der Waals surface area (Å²) >= 11 is 0. The van der Waals surface area contributed by atoms with Crippen molar-refractivity contribution >= 4 is 12.0 Å². The van der Waals surface area contributed by atoms with Gasteiger partial charge in [-0.05, 0) is 60.7 Å². The molecule has 0 saturated heterocycles. The highest BCUT2D eigenvalue weighted by Crippen LogP contribution is 2.38. The molecule has 0 atom stereocenters. The highest BCUT2D eigenvalue weighted by molar-refractivity contribution is 5.65. The molecule has 6 heteroatoms. The average Bonchev–Trinajstić information content (AvgIpc) is 2.61. The molecular formula is C22H27F3N2O. The maximum atomic E-state index is 14.1. The van der Waals surface area contributed by atoms with Gasteiger partial charge in [0.15, 0.2) is 0 Å². The van der Waals surface area contributed by atoms with Crippen LogP contribution in [0.4, 0.5) is 18.9 Å². The lowest BCUT2D eigenvalue weighted by atomic mass is 9.86. The molecule has 2 rings (SSSR count). The zero-order valence-electron chi connectivity index (χ0n) is 17.2. The quantitative estimate of drug-likeness (QED) is 0.400. The number of aryl methyl sites for hydroxylation is 1. The molecule has 3 nitrogen and oxygen atoms in total. The van der Waals surface area contributed by atoms with E-state index in [1.54, 1.807) is 25.4 Å². The van der Waals surface area contributed by atoms with Gasteiger partial charge < -0.3 is 9.64 Å². The molecule has 0 bridgehead atoms. The molecule has 0 saturated carbocycles. The number of nitrogens with zero attached hydrogens (tertiary/aromatic N) is 2. The van der Waals surface area contributed by atoms with Crippen LogP contribution in [0.5, 0.6) is 11.5 Å². The van der Waals surface area contributed by atoms with Crippen molar-refractivity contribution in [2.75, 3.05) is 13.6 Å². The van der Waals surface area contributed by atoms with Crippen LogP contribution in [0, 0.1) is 12.7 Å². The summed E-state index contributed by atoms with van der Waals surface area (Å²) in [6.45, 7) is 10.1. The van der Waals surface area contributed by atoms with Gasteiger partial charge in [0.25, 0.3) is 6.43 Å². The van der Waals surface area contributed by atoms with E-state index in [0.29, 0.717) is 22.6 Å². The summed E-state index contributed by atoms with van der Waals surface area (Å²) < 4.78 is 47.1. The van der Waals surface area contributed by atoms with Crippen molar-refractivity contribution in [1.29, 1.82) is 0 Å². The van der Waals surface area contributed by atoms with Crippen LogP contribution in [-0.2, 0) is 5.41 Å². The van der Waals surface area contributed by atoms with E-state index in [9.17, 15) is 13.2 Å². The lowest BCUT2D eigenvalue weighted by molar-refractivity contribution is 0.148. The highest BCUT2D eigenvalue weighted by atomic mass is 19.3. The zero-order chi connectivity index (χ0) is 21.1.